The molecule has 2 rings (SSSR count). The topological polar surface area (TPSA) is 69.1 Å². The van der Waals surface area contributed by atoms with Gasteiger partial charge in [-0.1, -0.05) is 23.9 Å². The summed E-state index contributed by atoms with van der Waals surface area (Å²) in [6.07, 6.45) is 0. The second-order valence-corrected chi connectivity index (χ2v) is 5.70. The van der Waals surface area contributed by atoms with Gasteiger partial charge in [0.2, 0.25) is 0 Å². The number of carbonyl (C=O) groups is 1. The van der Waals surface area contributed by atoms with Crippen LogP contribution in [0.4, 0.5) is 10.1 Å². The lowest BCUT2D eigenvalue weighted by molar-refractivity contribution is 0.100. The number of nitrogen functional groups attached to an aromatic ring is 1. The first-order chi connectivity index (χ1) is 8.99. The van der Waals surface area contributed by atoms with E-state index in [1.165, 1.54) is 17.8 Å². The van der Waals surface area contributed by atoms with Crippen molar-refractivity contribution >= 4 is 39.3 Å². The van der Waals surface area contributed by atoms with Crippen LogP contribution in [0.5, 0.6) is 0 Å². The summed E-state index contributed by atoms with van der Waals surface area (Å²) in [6, 6.07) is 9.89. The lowest BCUT2D eigenvalue weighted by Crippen LogP contribution is -2.14. The van der Waals surface area contributed by atoms with Crippen molar-refractivity contribution in [1.29, 1.82) is 0 Å². The highest BCUT2D eigenvalue weighted by molar-refractivity contribution is 9.10. The van der Waals surface area contributed by atoms with Gasteiger partial charge in [-0.2, -0.15) is 0 Å². The maximum absolute atomic E-state index is 13.8. The molecule has 0 aliphatic heterocycles. The van der Waals surface area contributed by atoms with E-state index in [1.54, 1.807) is 0 Å². The summed E-state index contributed by atoms with van der Waals surface area (Å²) < 4.78 is 14.7. The van der Waals surface area contributed by atoms with Crippen LogP contribution < -0.4 is 11.5 Å². The molecule has 0 aromatic heterocycles. The van der Waals surface area contributed by atoms with E-state index in [4.69, 9.17) is 11.5 Å². The Morgan fingerprint density at radius 3 is 2.53 bits per heavy atom. The number of rotatable bonds is 3. The summed E-state index contributed by atoms with van der Waals surface area (Å²) in [5.41, 5.74) is 10.9. The molecule has 0 unspecified atom stereocenters. The van der Waals surface area contributed by atoms with Crippen molar-refractivity contribution in [3.05, 3.63) is 52.3 Å². The van der Waals surface area contributed by atoms with Gasteiger partial charge in [-0.3, -0.25) is 4.79 Å². The molecule has 0 fully saturated rings. The predicted octanol–water partition coefficient (Wildman–Crippen LogP) is 3.42. The van der Waals surface area contributed by atoms with Gasteiger partial charge in [0, 0.05) is 20.0 Å². The molecular weight excluding hydrogens is 331 g/mol. The highest BCUT2D eigenvalue weighted by Gasteiger charge is 2.13. The second-order valence-electron chi connectivity index (χ2n) is 3.77. The summed E-state index contributed by atoms with van der Waals surface area (Å²) in [6.45, 7) is 0. The van der Waals surface area contributed by atoms with Gasteiger partial charge in [-0.25, -0.2) is 4.39 Å². The molecule has 0 radical (unpaired) electrons. The molecule has 19 heavy (non-hydrogen) atoms. The van der Waals surface area contributed by atoms with Gasteiger partial charge in [0.05, 0.1) is 5.56 Å². The maximum Gasteiger partial charge on any atom is 0.250 e. The third kappa shape index (κ3) is 3.08. The van der Waals surface area contributed by atoms with Gasteiger partial charge in [-0.15, -0.1) is 0 Å². The van der Waals surface area contributed by atoms with E-state index in [0.717, 1.165) is 15.4 Å². The molecule has 0 spiro atoms. The second kappa shape index (κ2) is 5.63. The van der Waals surface area contributed by atoms with E-state index < -0.39 is 11.7 Å². The average Bonchev–Trinajstić information content (AvgIpc) is 2.34. The van der Waals surface area contributed by atoms with Crippen LogP contribution in [-0.4, -0.2) is 5.91 Å². The lowest BCUT2D eigenvalue weighted by atomic mass is 10.1. The molecule has 0 aliphatic carbocycles. The third-order valence-corrected chi connectivity index (χ3v) is 4.49. The zero-order valence-electron chi connectivity index (χ0n) is 9.69. The Balaban J connectivity index is 2.43. The van der Waals surface area contributed by atoms with E-state index in [2.05, 4.69) is 15.9 Å². The first-order valence-corrected chi connectivity index (χ1v) is 6.91. The van der Waals surface area contributed by atoms with Crippen LogP contribution in [0.25, 0.3) is 0 Å². The number of primary amides is 1. The fourth-order valence-corrected chi connectivity index (χ4v) is 2.92. The predicted molar refractivity (Wildman–Crippen MR) is 77.6 cm³/mol. The number of hydrogen-bond donors (Lipinski definition) is 2. The van der Waals surface area contributed by atoms with Crippen molar-refractivity contribution in [2.24, 2.45) is 5.73 Å². The first kappa shape index (κ1) is 13.9. The van der Waals surface area contributed by atoms with Crippen LogP contribution >= 0.6 is 27.7 Å². The Morgan fingerprint density at radius 2 is 1.89 bits per heavy atom. The highest BCUT2D eigenvalue weighted by Crippen LogP contribution is 2.36. The zero-order chi connectivity index (χ0) is 14.0. The summed E-state index contributed by atoms with van der Waals surface area (Å²) in [5, 5.41) is 0. The lowest BCUT2D eigenvalue weighted by Gasteiger charge is -2.08. The molecule has 3 nitrogen and oxygen atoms in total. The van der Waals surface area contributed by atoms with Crippen molar-refractivity contribution in [3.63, 3.8) is 0 Å². The van der Waals surface area contributed by atoms with E-state index in [9.17, 15) is 9.18 Å². The van der Waals surface area contributed by atoms with Gasteiger partial charge in [0.25, 0.3) is 5.91 Å². The van der Waals surface area contributed by atoms with Crippen molar-refractivity contribution in [2.75, 3.05) is 5.73 Å². The standard InChI is InChI=1S/C13H10BrFN2OS/c14-8-3-1-2-4-11(8)19-12-5-7(13(17)18)10(16)6-9(12)15/h1-6H,16H2,(H2,17,18). The largest absolute Gasteiger partial charge is 0.398 e. The molecule has 4 N–H and O–H groups in total. The highest BCUT2D eigenvalue weighted by atomic mass is 79.9. The van der Waals surface area contributed by atoms with Gasteiger partial charge in [0.1, 0.15) is 5.82 Å². The van der Waals surface area contributed by atoms with E-state index in [0.29, 0.717) is 4.90 Å². The molecule has 0 atom stereocenters. The molecule has 1 amide bonds. The SMILES string of the molecule is NC(=O)c1cc(Sc2ccccc2Br)c(F)cc1N. The monoisotopic (exact) mass is 340 g/mol. The number of halogens is 2. The van der Waals surface area contributed by atoms with E-state index >= 15 is 0 Å². The molecule has 0 saturated carbocycles. The van der Waals surface area contributed by atoms with Gasteiger partial charge < -0.3 is 11.5 Å². The summed E-state index contributed by atoms with van der Waals surface area (Å²) in [4.78, 5) is 12.3. The molecule has 0 aliphatic rings. The summed E-state index contributed by atoms with van der Waals surface area (Å²) in [7, 11) is 0. The Morgan fingerprint density at radius 1 is 1.21 bits per heavy atom. The number of amides is 1. The van der Waals surface area contributed by atoms with Gasteiger partial charge >= 0.3 is 0 Å². The number of benzene rings is 2. The Labute approximate surface area is 122 Å². The first-order valence-electron chi connectivity index (χ1n) is 5.30. The smallest absolute Gasteiger partial charge is 0.250 e. The quantitative estimate of drug-likeness (QED) is 0.841. The fraction of sp³-hybridized carbons (Fsp3) is 0. The van der Waals surface area contributed by atoms with Crippen molar-refractivity contribution in [1.82, 2.24) is 0 Å². The molecule has 0 saturated heterocycles. The Kier molecular flexibility index (Phi) is 4.11. The van der Waals surface area contributed by atoms with Crippen LogP contribution in [-0.2, 0) is 0 Å². The van der Waals surface area contributed by atoms with Crippen LogP contribution in [0.3, 0.4) is 0 Å². The zero-order valence-corrected chi connectivity index (χ0v) is 12.1. The molecule has 2 aromatic rings. The maximum atomic E-state index is 13.8. The minimum atomic E-state index is -0.675. The third-order valence-electron chi connectivity index (χ3n) is 2.43. The van der Waals surface area contributed by atoms with Gasteiger partial charge in [-0.05, 0) is 40.2 Å². The molecule has 2 aromatic carbocycles. The van der Waals surface area contributed by atoms with Crippen molar-refractivity contribution in [2.45, 2.75) is 9.79 Å². The van der Waals surface area contributed by atoms with E-state index in [-0.39, 0.29) is 11.3 Å². The normalized spacial score (nSPS) is 10.4. The van der Waals surface area contributed by atoms with E-state index in [1.807, 2.05) is 24.3 Å². The Hall–Kier alpha value is -1.53. The number of anilines is 1. The molecule has 0 bridgehead atoms. The molecular formula is C13H10BrFN2OS. The summed E-state index contributed by atoms with van der Waals surface area (Å²) >= 11 is 4.58. The van der Waals surface area contributed by atoms with Gasteiger partial charge in [0.15, 0.2) is 0 Å². The molecule has 6 heteroatoms. The van der Waals surface area contributed by atoms with Crippen LogP contribution in [0.1, 0.15) is 10.4 Å². The minimum Gasteiger partial charge on any atom is -0.398 e. The number of carbonyl (C=O) groups excluding carboxylic acids is 1. The fourth-order valence-electron chi connectivity index (χ4n) is 1.51. The Bertz CT molecular complexity index is 649. The van der Waals surface area contributed by atoms with Crippen LogP contribution in [0.15, 0.2) is 50.7 Å². The van der Waals surface area contributed by atoms with Crippen molar-refractivity contribution < 1.29 is 9.18 Å². The number of nitrogens with two attached hydrogens (primary N) is 2. The molecule has 98 valence electrons. The number of hydrogen-bond acceptors (Lipinski definition) is 3. The molecule has 0 heterocycles. The van der Waals surface area contributed by atoms with Crippen LogP contribution in [0, 0.1) is 5.82 Å². The average molecular weight is 341 g/mol. The summed E-state index contributed by atoms with van der Waals surface area (Å²) in [5.74, 6) is -1.16. The van der Waals surface area contributed by atoms with Crippen LogP contribution in [0.2, 0.25) is 0 Å². The minimum absolute atomic E-state index is 0.0430. The van der Waals surface area contributed by atoms with Crippen molar-refractivity contribution in [3.8, 4) is 0 Å².